The Hall–Kier alpha value is -1.77. The molecule has 0 fully saturated rings. The van der Waals surface area contributed by atoms with Gasteiger partial charge in [0.2, 0.25) is 10.0 Å². The highest BCUT2D eigenvalue weighted by molar-refractivity contribution is 7.89. The minimum Gasteiger partial charge on any atom is -0.298 e. The molecule has 2 aromatic rings. The Bertz CT molecular complexity index is 708. The van der Waals surface area contributed by atoms with Gasteiger partial charge in [-0.05, 0) is 38.1 Å². The molecule has 0 atom stereocenters. The van der Waals surface area contributed by atoms with E-state index < -0.39 is 10.0 Å². The van der Waals surface area contributed by atoms with E-state index in [0.717, 1.165) is 0 Å². The van der Waals surface area contributed by atoms with Gasteiger partial charge in [-0.15, -0.1) is 11.3 Å². The second-order valence-corrected chi connectivity index (χ2v) is 7.20. The molecule has 0 aliphatic heterocycles. The largest absolute Gasteiger partial charge is 0.298 e. The standard InChI is InChI=1S/C13H15N3O3S2/c1-9(2)16-21(18,19)11-5-3-10(4-6-11)12(17)15-13-14-7-8-20-13/h3-9,16H,1-2H3,(H,14,15,17). The van der Waals surface area contributed by atoms with Crippen LogP contribution in [-0.4, -0.2) is 25.4 Å². The van der Waals surface area contributed by atoms with E-state index in [1.807, 2.05) is 0 Å². The molecule has 0 aliphatic rings. The van der Waals surface area contributed by atoms with Crippen LogP contribution in [0.15, 0.2) is 40.7 Å². The molecule has 21 heavy (non-hydrogen) atoms. The highest BCUT2D eigenvalue weighted by Gasteiger charge is 2.16. The van der Waals surface area contributed by atoms with E-state index in [1.54, 1.807) is 25.4 Å². The zero-order valence-corrected chi connectivity index (χ0v) is 13.2. The fourth-order valence-corrected chi connectivity index (χ4v) is 3.39. The molecule has 1 heterocycles. The number of thiazole rings is 1. The van der Waals surface area contributed by atoms with Crippen LogP contribution < -0.4 is 10.0 Å². The number of carbonyl (C=O) groups is 1. The zero-order valence-electron chi connectivity index (χ0n) is 11.5. The zero-order chi connectivity index (χ0) is 15.5. The average Bonchev–Trinajstić information content (AvgIpc) is 2.90. The summed E-state index contributed by atoms with van der Waals surface area (Å²) in [6.45, 7) is 3.49. The molecule has 0 aliphatic carbocycles. The molecule has 1 amide bonds. The van der Waals surface area contributed by atoms with Gasteiger partial charge in [-0.2, -0.15) is 0 Å². The van der Waals surface area contributed by atoms with Crippen LogP contribution in [0.4, 0.5) is 5.13 Å². The van der Waals surface area contributed by atoms with Crippen molar-refractivity contribution >= 4 is 32.4 Å². The molecular formula is C13H15N3O3S2. The molecule has 6 nitrogen and oxygen atoms in total. The summed E-state index contributed by atoms with van der Waals surface area (Å²) in [7, 11) is -3.54. The third-order valence-corrected chi connectivity index (χ3v) is 4.83. The van der Waals surface area contributed by atoms with Crippen LogP contribution in [0.3, 0.4) is 0 Å². The van der Waals surface area contributed by atoms with Crippen molar-refractivity contribution in [1.29, 1.82) is 0 Å². The van der Waals surface area contributed by atoms with Gasteiger partial charge in [0.05, 0.1) is 4.90 Å². The Morgan fingerprint density at radius 1 is 1.24 bits per heavy atom. The molecule has 2 N–H and O–H groups in total. The number of aromatic nitrogens is 1. The van der Waals surface area contributed by atoms with Gasteiger partial charge in [0.15, 0.2) is 5.13 Å². The van der Waals surface area contributed by atoms with E-state index in [4.69, 9.17) is 0 Å². The fourth-order valence-electron chi connectivity index (χ4n) is 1.62. The maximum atomic E-state index is 12.0. The fraction of sp³-hybridized carbons (Fsp3) is 0.231. The third-order valence-electron chi connectivity index (χ3n) is 2.47. The maximum Gasteiger partial charge on any atom is 0.257 e. The summed E-state index contributed by atoms with van der Waals surface area (Å²) in [6, 6.07) is 5.56. The van der Waals surface area contributed by atoms with Crippen molar-refractivity contribution in [2.24, 2.45) is 0 Å². The Morgan fingerprint density at radius 3 is 2.43 bits per heavy atom. The molecule has 0 saturated carbocycles. The quantitative estimate of drug-likeness (QED) is 0.881. The Labute approximate surface area is 127 Å². The molecular weight excluding hydrogens is 310 g/mol. The summed E-state index contributed by atoms with van der Waals surface area (Å²) >= 11 is 1.31. The first-order valence-electron chi connectivity index (χ1n) is 6.22. The Morgan fingerprint density at radius 2 is 1.90 bits per heavy atom. The highest BCUT2D eigenvalue weighted by Crippen LogP contribution is 2.14. The van der Waals surface area contributed by atoms with Gasteiger partial charge < -0.3 is 0 Å². The monoisotopic (exact) mass is 325 g/mol. The van der Waals surface area contributed by atoms with Crippen molar-refractivity contribution in [1.82, 2.24) is 9.71 Å². The molecule has 112 valence electrons. The van der Waals surface area contributed by atoms with E-state index in [1.165, 1.54) is 35.6 Å². The highest BCUT2D eigenvalue weighted by atomic mass is 32.2. The van der Waals surface area contributed by atoms with E-state index in [2.05, 4.69) is 15.0 Å². The number of hydrogen-bond acceptors (Lipinski definition) is 5. The van der Waals surface area contributed by atoms with E-state index in [9.17, 15) is 13.2 Å². The maximum absolute atomic E-state index is 12.0. The lowest BCUT2D eigenvalue weighted by Gasteiger charge is -2.09. The van der Waals surface area contributed by atoms with Crippen molar-refractivity contribution < 1.29 is 13.2 Å². The van der Waals surface area contributed by atoms with Crippen LogP contribution in [-0.2, 0) is 10.0 Å². The molecule has 0 radical (unpaired) electrons. The number of anilines is 1. The van der Waals surface area contributed by atoms with Crippen molar-refractivity contribution in [3.05, 3.63) is 41.4 Å². The van der Waals surface area contributed by atoms with Crippen LogP contribution in [0.1, 0.15) is 24.2 Å². The Balaban J connectivity index is 2.13. The first kappa shape index (κ1) is 15.6. The summed E-state index contributed by atoms with van der Waals surface area (Å²) in [6.07, 6.45) is 1.59. The molecule has 1 aromatic heterocycles. The van der Waals surface area contributed by atoms with Gasteiger partial charge in [0, 0.05) is 23.2 Å². The van der Waals surface area contributed by atoms with E-state index in [-0.39, 0.29) is 16.8 Å². The average molecular weight is 325 g/mol. The van der Waals surface area contributed by atoms with Gasteiger partial charge in [0.25, 0.3) is 5.91 Å². The number of hydrogen-bond donors (Lipinski definition) is 2. The van der Waals surface area contributed by atoms with Crippen LogP contribution in [0.5, 0.6) is 0 Å². The molecule has 2 rings (SSSR count). The Kier molecular flexibility index (Phi) is 4.71. The van der Waals surface area contributed by atoms with Crippen molar-refractivity contribution in [3.8, 4) is 0 Å². The number of nitrogens with one attached hydrogen (secondary N) is 2. The summed E-state index contributed by atoms with van der Waals surface area (Å²) < 4.78 is 26.4. The molecule has 0 bridgehead atoms. The van der Waals surface area contributed by atoms with E-state index >= 15 is 0 Å². The molecule has 0 spiro atoms. The third kappa shape index (κ3) is 4.10. The lowest BCUT2D eigenvalue weighted by Crippen LogP contribution is -2.30. The van der Waals surface area contributed by atoms with Crippen molar-refractivity contribution in [2.45, 2.75) is 24.8 Å². The van der Waals surface area contributed by atoms with Crippen LogP contribution in [0.2, 0.25) is 0 Å². The van der Waals surface area contributed by atoms with Crippen LogP contribution >= 0.6 is 11.3 Å². The predicted octanol–water partition coefficient (Wildman–Crippen LogP) is 2.08. The smallest absolute Gasteiger partial charge is 0.257 e. The van der Waals surface area contributed by atoms with Gasteiger partial charge in [-0.3, -0.25) is 10.1 Å². The molecule has 1 aromatic carbocycles. The number of rotatable bonds is 5. The minimum absolute atomic E-state index is 0.127. The van der Waals surface area contributed by atoms with Gasteiger partial charge >= 0.3 is 0 Å². The molecule has 0 unspecified atom stereocenters. The summed E-state index contributed by atoms with van der Waals surface area (Å²) in [4.78, 5) is 16.0. The van der Waals surface area contributed by atoms with Gasteiger partial charge in [-0.1, -0.05) is 0 Å². The lowest BCUT2D eigenvalue weighted by atomic mass is 10.2. The second-order valence-electron chi connectivity index (χ2n) is 4.59. The summed E-state index contributed by atoms with van der Waals surface area (Å²) in [5.41, 5.74) is 0.369. The number of benzene rings is 1. The summed E-state index contributed by atoms with van der Waals surface area (Å²) in [5, 5.41) is 4.88. The lowest BCUT2D eigenvalue weighted by molar-refractivity contribution is 0.102. The van der Waals surface area contributed by atoms with Crippen LogP contribution in [0, 0.1) is 0 Å². The topological polar surface area (TPSA) is 88.2 Å². The first-order chi connectivity index (χ1) is 9.88. The van der Waals surface area contributed by atoms with Gasteiger partial charge in [0.1, 0.15) is 0 Å². The number of amides is 1. The van der Waals surface area contributed by atoms with Gasteiger partial charge in [-0.25, -0.2) is 18.1 Å². The molecule has 8 heteroatoms. The number of carbonyl (C=O) groups excluding carboxylic acids is 1. The predicted molar refractivity (Wildman–Crippen MR) is 82.0 cm³/mol. The normalized spacial score (nSPS) is 11.6. The number of sulfonamides is 1. The van der Waals surface area contributed by atoms with Crippen LogP contribution in [0.25, 0.3) is 0 Å². The first-order valence-corrected chi connectivity index (χ1v) is 8.58. The summed E-state index contributed by atoms with van der Waals surface area (Å²) in [5.74, 6) is -0.328. The SMILES string of the molecule is CC(C)NS(=O)(=O)c1ccc(C(=O)Nc2nccs2)cc1. The molecule has 0 saturated heterocycles. The minimum atomic E-state index is -3.54. The number of nitrogens with zero attached hydrogens (tertiary/aromatic N) is 1. The van der Waals surface area contributed by atoms with Crippen molar-refractivity contribution in [2.75, 3.05) is 5.32 Å². The van der Waals surface area contributed by atoms with E-state index in [0.29, 0.717) is 10.7 Å². The van der Waals surface area contributed by atoms with Crippen molar-refractivity contribution in [3.63, 3.8) is 0 Å². The second kappa shape index (κ2) is 6.33.